The largest absolute Gasteiger partial charge is 0.497 e. The number of fused-ring (bicyclic) bond motifs is 1. The SMILES string of the molecule is COCC1=NC=C(/C=C2\C(=O)Cc3ccc(OC)cc32)C1. The Kier molecular flexibility index (Phi) is 3.71. The number of benzene rings is 1. The van der Waals surface area contributed by atoms with Crippen molar-refractivity contribution in [2.75, 3.05) is 20.8 Å². The van der Waals surface area contributed by atoms with Gasteiger partial charge in [0, 0.05) is 37.4 Å². The average molecular weight is 283 g/mol. The van der Waals surface area contributed by atoms with Crippen LogP contribution in [0.15, 0.2) is 41.0 Å². The zero-order valence-electron chi connectivity index (χ0n) is 12.2. The Hall–Kier alpha value is -2.20. The summed E-state index contributed by atoms with van der Waals surface area (Å²) in [4.78, 5) is 16.5. The lowest BCUT2D eigenvalue weighted by molar-refractivity contribution is -0.112. The molecule has 1 aliphatic heterocycles. The molecule has 4 nitrogen and oxygen atoms in total. The van der Waals surface area contributed by atoms with E-state index in [0.717, 1.165) is 40.2 Å². The van der Waals surface area contributed by atoms with Crippen LogP contribution in [-0.4, -0.2) is 32.3 Å². The van der Waals surface area contributed by atoms with E-state index in [9.17, 15) is 4.79 Å². The first kappa shape index (κ1) is 13.8. The van der Waals surface area contributed by atoms with Gasteiger partial charge in [-0.25, -0.2) is 0 Å². The smallest absolute Gasteiger partial charge is 0.167 e. The molecule has 0 spiro atoms. The van der Waals surface area contributed by atoms with E-state index in [1.807, 2.05) is 30.5 Å². The minimum absolute atomic E-state index is 0.152. The second kappa shape index (κ2) is 5.66. The second-order valence-electron chi connectivity index (χ2n) is 5.19. The molecule has 0 radical (unpaired) electrons. The fraction of sp³-hybridized carbons (Fsp3) is 0.294. The van der Waals surface area contributed by atoms with Crippen LogP contribution in [-0.2, 0) is 16.0 Å². The first-order valence-electron chi connectivity index (χ1n) is 6.87. The van der Waals surface area contributed by atoms with Crippen LogP contribution < -0.4 is 4.74 Å². The third-order valence-electron chi connectivity index (χ3n) is 3.72. The summed E-state index contributed by atoms with van der Waals surface area (Å²) in [7, 11) is 3.29. The molecule has 0 saturated carbocycles. The Morgan fingerprint density at radius 1 is 1.29 bits per heavy atom. The van der Waals surface area contributed by atoms with Crippen molar-refractivity contribution in [1.29, 1.82) is 0 Å². The third kappa shape index (κ3) is 2.67. The monoisotopic (exact) mass is 283 g/mol. The lowest BCUT2D eigenvalue weighted by Gasteiger charge is -2.04. The van der Waals surface area contributed by atoms with Gasteiger partial charge < -0.3 is 9.47 Å². The summed E-state index contributed by atoms with van der Waals surface area (Å²) in [6, 6.07) is 5.78. The van der Waals surface area contributed by atoms with E-state index in [1.54, 1.807) is 14.2 Å². The molecule has 1 aliphatic carbocycles. The van der Waals surface area contributed by atoms with Crippen LogP contribution >= 0.6 is 0 Å². The number of aliphatic imine (C=N–C) groups is 1. The lowest BCUT2D eigenvalue weighted by Crippen LogP contribution is -2.04. The Morgan fingerprint density at radius 2 is 2.14 bits per heavy atom. The van der Waals surface area contributed by atoms with Crippen molar-refractivity contribution in [2.45, 2.75) is 12.8 Å². The quantitative estimate of drug-likeness (QED) is 0.798. The first-order valence-corrected chi connectivity index (χ1v) is 6.87. The molecule has 3 rings (SSSR count). The van der Waals surface area contributed by atoms with E-state index in [2.05, 4.69) is 4.99 Å². The number of rotatable bonds is 4. The van der Waals surface area contributed by atoms with Gasteiger partial charge in [0.05, 0.1) is 13.7 Å². The van der Waals surface area contributed by atoms with Crippen molar-refractivity contribution in [3.8, 4) is 5.75 Å². The highest BCUT2D eigenvalue weighted by Gasteiger charge is 2.25. The molecule has 2 aliphatic rings. The molecule has 0 atom stereocenters. The Balaban J connectivity index is 1.88. The highest BCUT2D eigenvalue weighted by atomic mass is 16.5. The molecule has 0 fully saturated rings. The van der Waals surface area contributed by atoms with Gasteiger partial charge in [0.2, 0.25) is 0 Å². The number of Topliss-reactive ketones (excluding diaryl/α,β-unsaturated/α-hetero) is 1. The van der Waals surface area contributed by atoms with Gasteiger partial charge in [0.1, 0.15) is 5.75 Å². The highest BCUT2D eigenvalue weighted by molar-refractivity contribution is 6.26. The second-order valence-corrected chi connectivity index (χ2v) is 5.19. The maximum Gasteiger partial charge on any atom is 0.167 e. The van der Waals surface area contributed by atoms with E-state index in [4.69, 9.17) is 9.47 Å². The minimum Gasteiger partial charge on any atom is -0.497 e. The number of methoxy groups -OCH3 is 2. The summed E-state index contributed by atoms with van der Waals surface area (Å²) in [6.45, 7) is 0.529. The van der Waals surface area contributed by atoms with Gasteiger partial charge in [-0.3, -0.25) is 9.79 Å². The van der Waals surface area contributed by atoms with Crippen molar-refractivity contribution in [2.24, 2.45) is 4.99 Å². The topological polar surface area (TPSA) is 47.9 Å². The summed E-state index contributed by atoms with van der Waals surface area (Å²) < 4.78 is 10.3. The Morgan fingerprint density at radius 3 is 2.90 bits per heavy atom. The predicted molar refractivity (Wildman–Crippen MR) is 81.7 cm³/mol. The molecule has 1 heterocycles. The fourth-order valence-electron chi connectivity index (χ4n) is 2.69. The Labute approximate surface area is 123 Å². The van der Waals surface area contributed by atoms with Gasteiger partial charge in [-0.2, -0.15) is 0 Å². The molecule has 0 unspecified atom stereocenters. The van der Waals surface area contributed by atoms with E-state index >= 15 is 0 Å². The van der Waals surface area contributed by atoms with Crippen LogP contribution in [0.5, 0.6) is 5.75 Å². The summed E-state index contributed by atoms with van der Waals surface area (Å²) >= 11 is 0. The molecule has 0 bridgehead atoms. The summed E-state index contributed by atoms with van der Waals surface area (Å²) in [6.07, 6.45) is 4.96. The van der Waals surface area contributed by atoms with Crippen molar-refractivity contribution in [3.63, 3.8) is 0 Å². The number of nitrogens with zero attached hydrogens (tertiary/aromatic N) is 1. The molecule has 0 saturated heterocycles. The van der Waals surface area contributed by atoms with Crippen LogP contribution in [0.4, 0.5) is 0 Å². The van der Waals surface area contributed by atoms with E-state index in [-0.39, 0.29) is 5.78 Å². The van der Waals surface area contributed by atoms with E-state index < -0.39 is 0 Å². The minimum atomic E-state index is 0.152. The number of hydrogen-bond donors (Lipinski definition) is 0. The lowest BCUT2D eigenvalue weighted by atomic mass is 10.0. The fourth-order valence-corrected chi connectivity index (χ4v) is 2.69. The van der Waals surface area contributed by atoms with Gasteiger partial charge in [0.25, 0.3) is 0 Å². The average Bonchev–Trinajstić information content (AvgIpc) is 3.05. The predicted octanol–water partition coefficient (Wildman–Crippen LogP) is 2.58. The van der Waals surface area contributed by atoms with Crippen LogP contribution in [0.3, 0.4) is 0 Å². The third-order valence-corrected chi connectivity index (χ3v) is 3.72. The van der Waals surface area contributed by atoms with Crippen molar-refractivity contribution < 1.29 is 14.3 Å². The van der Waals surface area contributed by atoms with E-state index in [0.29, 0.717) is 13.0 Å². The summed E-state index contributed by atoms with van der Waals surface area (Å²) in [5.74, 6) is 0.922. The van der Waals surface area contributed by atoms with Gasteiger partial charge in [0.15, 0.2) is 5.78 Å². The summed E-state index contributed by atoms with van der Waals surface area (Å²) in [5, 5.41) is 0. The normalized spacial score (nSPS) is 18.8. The maximum absolute atomic E-state index is 12.2. The maximum atomic E-state index is 12.2. The number of ether oxygens (including phenoxy) is 2. The first-order chi connectivity index (χ1) is 10.2. The van der Waals surface area contributed by atoms with Crippen molar-refractivity contribution >= 4 is 17.1 Å². The molecule has 0 aromatic heterocycles. The Bertz CT molecular complexity index is 683. The number of ketones is 1. The van der Waals surface area contributed by atoms with Crippen LogP contribution in [0.1, 0.15) is 17.5 Å². The molecular weight excluding hydrogens is 266 g/mol. The summed E-state index contributed by atoms with van der Waals surface area (Å²) in [5.41, 5.74) is 4.81. The molecule has 21 heavy (non-hydrogen) atoms. The van der Waals surface area contributed by atoms with Crippen LogP contribution in [0, 0.1) is 0 Å². The number of allylic oxidation sites excluding steroid dienone is 3. The zero-order chi connectivity index (χ0) is 14.8. The molecule has 0 amide bonds. The van der Waals surface area contributed by atoms with E-state index in [1.165, 1.54) is 0 Å². The van der Waals surface area contributed by atoms with Crippen LogP contribution in [0.25, 0.3) is 5.57 Å². The number of hydrogen-bond acceptors (Lipinski definition) is 4. The van der Waals surface area contributed by atoms with Gasteiger partial charge in [-0.1, -0.05) is 6.07 Å². The highest BCUT2D eigenvalue weighted by Crippen LogP contribution is 2.34. The molecular formula is C17H17NO3. The number of carbonyl (C=O) groups is 1. The molecule has 1 aromatic carbocycles. The number of carbonyl (C=O) groups excluding carboxylic acids is 1. The zero-order valence-corrected chi connectivity index (χ0v) is 12.2. The molecule has 0 N–H and O–H groups in total. The molecule has 4 heteroatoms. The van der Waals surface area contributed by atoms with Gasteiger partial charge in [-0.15, -0.1) is 0 Å². The van der Waals surface area contributed by atoms with Crippen molar-refractivity contribution in [3.05, 3.63) is 47.2 Å². The molecule has 1 aromatic rings. The molecule has 108 valence electrons. The van der Waals surface area contributed by atoms with Crippen molar-refractivity contribution in [1.82, 2.24) is 0 Å². The van der Waals surface area contributed by atoms with Crippen LogP contribution in [0.2, 0.25) is 0 Å². The standard InChI is InChI=1S/C17H17NO3/c1-20-10-13-5-11(9-18-13)6-16-15-8-14(21-2)4-3-12(15)7-17(16)19/h3-4,6,8-9H,5,7,10H2,1-2H3/b16-6-. The van der Waals surface area contributed by atoms with Gasteiger partial charge in [-0.05, 0) is 34.9 Å². The van der Waals surface area contributed by atoms with Gasteiger partial charge >= 0.3 is 0 Å².